The number of nitrogens with one attached hydrogen (secondary N) is 1. The van der Waals surface area contributed by atoms with Gasteiger partial charge in [0.15, 0.2) is 3.95 Å². The van der Waals surface area contributed by atoms with Crippen LogP contribution in [0.4, 0.5) is 11.4 Å². The first-order valence-electron chi connectivity index (χ1n) is 7.86. The van der Waals surface area contributed by atoms with Crippen molar-refractivity contribution in [3.8, 4) is 0 Å². The van der Waals surface area contributed by atoms with Crippen LogP contribution in [-0.4, -0.2) is 46.1 Å². The highest BCUT2D eigenvalue weighted by atomic mass is 32.1. The molecule has 0 spiro atoms. The van der Waals surface area contributed by atoms with Crippen molar-refractivity contribution in [2.45, 2.75) is 26.1 Å². The molecule has 132 valence electrons. The highest BCUT2D eigenvalue weighted by Gasteiger charge is 2.29. The SMILES string of the molecule is CC1CC(=O)Nc2ccccc2N1C(=O)CN(C)Cn1ncsc1=S. The molecule has 2 heterocycles. The molecule has 0 bridgehead atoms. The van der Waals surface area contributed by atoms with Crippen molar-refractivity contribution in [1.29, 1.82) is 0 Å². The molecule has 2 aromatic rings. The second-order valence-corrected chi connectivity index (χ2v) is 7.52. The summed E-state index contributed by atoms with van der Waals surface area (Å²) in [4.78, 5) is 28.5. The Morgan fingerprint density at radius 2 is 2.24 bits per heavy atom. The summed E-state index contributed by atoms with van der Waals surface area (Å²) in [6, 6.07) is 7.15. The fourth-order valence-corrected chi connectivity index (χ4v) is 3.59. The Balaban J connectivity index is 1.79. The van der Waals surface area contributed by atoms with E-state index in [2.05, 4.69) is 10.4 Å². The zero-order valence-electron chi connectivity index (χ0n) is 14.0. The van der Waals surface area contributed by atoms with Crippen LogP contribution in [0.25, 0.3) is 0 Å². The van der Waals surface area contributed by atoms with Crippen LogP contribution in [0.5, 0.6) is 0 Å². The molecule has 0 radical (unpaired) electrons. The molecule has 1 aromatic heterocycles. The molecule has 1 unspecified atom stereocenters. The minimum absolute atomic E-state index is 0.0688. The summed E-state index contributed by atoms with van der Waals surface area (Å²) >= 11 is 6.58. The molecule has 1 aromatic carbocycles. The lowest BCUT2D eigenvalue weighted by molar-refractivity contribution is -0.120. The average Bonchev–Trinajstić information content (AvgIpc) is 2.87. The fraction of sp³-hybridized carbons (Fsp3) is 0.375. The fourth-order valence-electron chi connectivity index (χ4n) is 2.88. The van der Waals surface area contributed by atoms with Crippen molar-refractivity contribution < 1.29 is 9.59 Å². The number of anilines is 2. The van der Waals surface area contributed by atoms with Gasteiger partial charge < -0.3 is 10.2 Å². The Labute approximate surface area is 154 Å². The van der Waals surface area contributed by atoms with Gasteiger partial charge in [-0.1, -0.05) is 23.5 Å². The summed E-state index contributed by atoms with van der Waals surface area (Å²) in [5, 5.41) is 7.02. The third-order valence-corrected chi connectivity index (χ3v) is 5.07. The van der Waals surface area contributed by atoms with Crippen LogP contribution < -0.4 is 10.2 Å². The molecular weight excluding hydrogens is 358 g/mol. The van der Waals surface area contributed by atoms with Crippen molar-refractivity contribution in [2.75, 3.05) is 23.8 Å². The Kier molecular flexibility index (Phi) is 5.26. The number of fused-ring (bicyclic) bond motifs is 1. The molecule has 0 saturated heterocycles. The molecule has 1 atom stereocenters. The molecule has 1 aliphatic heterocycles. The molecule has 7 nitrogen and oxygen atoms in total. The third kappa shape index (κ3) is 3.94. The topological polar surface area (TPSA) is 70.5 Å². The molecule has 2 amide bonds. The summed E-state index contributed by atoms with van der Waals surface area (Å²) in [6.07, 6.45) is 0.265. The van der Waals surface area contributed by atoms with Crippen LogP contribution in [0, 0.1) is 3.95 Å². The maximum absolute atomic E-state index is 12.9. The maximum atomic E-state index is 12.9. The Morgan fingerprint density at radius 1 is 1.48 bits per heavy atom. The van der Waals surface area contributed by atoms with E-state index in [0.717, 1.165) is 5.69 Å². The molecule has 0 saturated carbocycles. The van der Waals surface area contributed by atoms with E-state index in [1.807, 2.05) is 43.1 Å². The number of rotatable bonds is 4. The van der Waals surface area contributed by atoms with Crippen molar-refractivity contribution >= 4 is 46.7 Å². The predicted octanol–water partition coefficient (Wildman–Crippen LogP) is 2.33. The van der Waals surface area contributed by atoms with E-state index in [-0.39, 0.29) is 30.8 Å². The molecule has 0 aliphatic carbocycles. The Bertz CT molecular complexity index is 847. The number of benzene rings is 1. The smallest absolute Gasteiger partial charge is 0.241 e. The summed E-state index contributed by atoms with van der Waals surface area (Å²) in [5.74, 6) is -0.155. The number of likely N-dealkylation sites (N-methyl/N-ethyl adjacent to an activating group) is 1. The van der Waals surface area contributed by atoms with Gasteiger partial charge in [0.2, 0.25) is 11.8 Å². The number of amides is 2. The first-order chi connectivity index (χ1) is 12.0. The first kappa shape index (κ1) is 17.7. The van der Waals surface area contributed by atoms with Gasteiger partial charge in [0.1, 0.15) is 5.51 Å². The van der Waals surface area contributed by atoms with Gasteiger partial charge in [-0.05, 0) is 38.3 Å². The van der Waals surface area contributed by atoms with Crippen molar-refractivity contribution in [2.24, 2.45) is 0 Å². The number of carbonyl (C=O) groups is 2. The second-order valence-electron chi connectivity index (χ2n) is 6.04. The van der Waals surface area contributed by atoms with Crippen LogP contribution in [0.15, 0.2) is 29.8 Å². The normalized spacial score (nSPS) is 17.2. The Hall–Kier alpha value is -2.10. The quantitative estimate of drug-likeness (QED) is 0.828. The lowest BCUT2D eigenvalue weighted by Gasteiger charge is -2.29. The van der Waals surface area contributed by atoms with Gasteiger partial charge in [-0.3, -0.25) is 14.5 Å². The molecule has 1 N–H and O–H groups in total. The molecule has 25 heavy (non-hydrogen) atoms. The van der Waals surface area contributed by atoms with Gasteiger partial charge in [-0.25, -0.2) is 4.68 Å². The number of nitrogens with zero attached hydrogens (tertiary/aromatic N) is 4. The van der Waals surface area contributed by atoms with Crippen molar-refractivity contribution in [1.82, 2.24) is 14.7 Å². The zero-order chi connectivity index (χ0) is 18.0. The van der Waals surface area contributed by atoms with Gasteiger partial charge in [0.05, 0.1) is 24.6 Å². The van der Waals surface area contributed by atoms with E-state index in [1.54, 1.807) is 15.1 Å². The number of para-hydroxylation sites is 2. The minimum Gasteiger partial charge on any atom is -0.324 e. The van der Waals surface area contributed by atoms with Crippen molar-refractivity contribution in [3.63, 3.8) is 0 Å². The van der Waals surface area contributed by atoms with E-state index >= 15 is 0 Å². The van der Waals surface area contributed by atoms with Gasteiger partial charge in [0.25, 0.3) is 0 Å². The zero-order valence-corrected chi connectivity index (χ0v) is 15.6. The lowest BCUT2D eigenvalue weighted by Crippen LogP contribution is -2.44. The summed E-state index contributed by atoms with van der Waals surface area (Å²) in [7, 11) is 1.84. The summed E-state index contributed by atoms with van der Waals surface area (Å²) in [5.41, 5.74) is 3.07. The number of carbonyl (C=O) groups excluding carboxylic acids is 2. The summed E-state index contributed by atoms with van der Waals surface area (Å²) < 4.78 is 2.35. The first-order valence-corrected chi connectivity index (χ1v) is 9.14. The van der Waals surface area contributed by atoms with Gasteiger partial charge in [0, 0.05) is 12.5 Å². The second kappa shape index (κ2) is 7.42. The molecule has 9 heteroatoms. The standard InChI is InChI=1S/C16H19N5O2S2/c1-11-7-14(22)18-12-5-3-4-6-13(12)21(11)15(23)8-19(2)10-20-16(24)25-9-17-20/h3-6,9,11H,7-8,10H2,1-2H3,(H,18,22). The van der Waals surface area contributed by atoms with E-state index in [4.69, 9.17) is 12.2 Å². The number of aromatic nitrogens is 2. The highest BCUT2D eigenvalue weighted by molar-refractivity contribution is 7.73. The Morgan fingerprint density at radius 3 is 2.96 bits per heavy atom. The van der Waals surface area contributed by atoms with Crippen LogP contribution in [-0.2, 0) is 16.3 Å². The van der Waals surface area contributed by atoms with E-state index in [1.165, 1.54) is 11.3 Å². The largest absolute Gasteiger partial charge is 0.324 e. The molecule has 0 fully saturated rings. The van der Waals surface area contributed by atoms with Gasteiger partial charge in [-0.2, -0.15) is 5.10 Å². The molecule has 1 aliphatic rings. The van der Waals surface area contributed by atoms with Crippen LogP contribution >= 0.6 is 23.6 Å². The molecular formula is C16H19N5O2S2. The predicted molar refractivity (Wildman–Crippen MR) is 100 cm³/mol. The highest BCUT2D eigenvalue weighted by Crippen LogP contribution is 2.31. The van der Waals surface area contributed by atoms with E-state index in [9.17, 15) is 9.59 Å². The monoisotopic (exact) mass is 377 g/mol. The number of hydrogen-bond donors (Lipinski definition) is 1. The number of hydrogen-bond acceptors (Lipinski definition) is 6. The van der Waals surface area contributed by atoms with E-state index in [0.29, 0.717) is 16.3 Å². The van der Waals surface area contributed by atoms with Crippen LogP contribution in [0.1, 0.15) is 13.3 Å². The third-order valence-electron chi connectivity index (χ3n) is 3.96. The maximum Gasteiger partial charge on any atom is 0.241 e. The van der Waals surface area contributed by atoms with Crippen LogP contribution in [0.2, 0.25) is 0 Å². The summed E-state index contributed by atoms with van der Waals surface area (Å²) in [6.45, 7) is 2.53. The minimum atomic E-state index is -0.217. The lowest BCUT2D eigenvalue weighted by atomic mass is 10.1. The van der Waals surface area contributed by atoms with E-state index < -0.39 is 0 Å². The van der Waals surface area contributed by atoms with Crippen molar-refractivity contribution in [3.05, 3.63) is 33.7 Å². The average molecular weight is 377 g/mol. The van der Waals surface area contributed by atoms with Gasteiger partial charge >= 0.3 is 0 Å². The van der Waals surface area contributed by atoms with Gasteiger partial charge in [-0.15, -0.1) is 0 Å². The molecule has 3 rings (SSSR count). The van der Waals surface area contributed by atoms with Crippen LogP contribution in [0.3, 0.4) is 0 Å².